The van der Waals surface area contributed by atoms with Crippen LogP contribution in [0.4, 0.5) is 4.39 Å². The summed E-state index contributed by atoms with van der Waals surface area (Å²) < 4.78 is 14.1. The lowest BCUT2D eigenvalue weighted by Crippen LogP contribution is -2.41. The van der Waals surface area contributed by atoms with Gasteiger partial charge >= 0.3 is 0 Å². The van der Waals surface area contributed by atoms with Crippen LogP contribution in [0.15, 0.2) is 47.6 Å². The zero-order valence-corrected chi connectivity index (χ0v) is 17.6. The van der Waals surface area contributed by atoms with Crippen LogP contribution >= 0.6 is 24.0 Å². The van der Waals surface area contributed by atoms with E-state index in [0.717, 1.165) is 42.2 Å². The molecule has 0 spiro atoms. The largest absolute Gasteiger partial charge is 0.357 e. The van der Waals surface area contributed by atoms with Crippen LogP contribution < -0.4 is 10.6 Å². The van der Waals surface area contributed by atoms with Crippen LogP contribution in [0, 0.1) is 12.7 Å². The monoisotopic (exact) mass is 468 g/mol. The first-order chi connectivity index (χ1) is 12.1. The number of hydrogen-bond acceptors (Lipinski definition) is 2. The van der Waals surface area contributed by atoms with Crippen LogP contribution in [0.5, 0.6) is 0 Å². The van der Waals surface area contributed by atoms with E-state index in [1.54, 1.807) is 18.3 Å². The van der Waals surface area contributed by atoms with E-state index < -0.39 is 0 Å². The Labute approximate surface area is 171 Å². The van der Waals surface area contributed by atoms with Gasteiger partial charge in [0, 0.05) is 24.7 Å². The maximum atomic E-state index is 14.1. The summed E-state index contributed by atoms with van der Waals surface area (Å²) in [5.41, 5.74) is 2.80. The molecular weight excluding hydrogens is 442 g/mol. The van der Waals surface area contributed by atoms with Crippen molar-refractivity contribution >= 4 is 29.9 Å². The summed E-state index contributed by atoms with van der Waals surface area (Å²) >= 11 is 0. The first kappa shape index (κ1) is 20.6. The lowest BCUT2D eigenvalue weighted by atomic mass is 9.95. The van der Waals surface area contributed by atoms with E-state index in [4.69, 9.17) is 0 Å². The highest BCUT2D eigenvalue weighted by molar-refractivity contribution is 14.0. The molecule has 6 heteroatoms. The molecule has 0 saturated heterocycles. The number of aliphatic imine (C=N–C) groups is 1. The number of nitrogens with one attached hydrogen (secondary N) is 2. The molecule has 2 aromatic rings. The van der Waals surface area contributed by atoms with E-state index >= 15 is 0 Å². The highest BCUT2D eigenvalue weighted by atomic mass is 127. The highest BCUT2D eigenvalue weighted by Crippen LogP contribution is 2.48. The number of benzene rings is 1. The zero-order valence-electron chi connectivity index (χ0n) is 15.3. The molecule has 140 valence electrons. The Kier molecular flexibility index (Phi) is 7.37. The van der Waals surface area contributed by atoms with Gasteiger partial charge in [-0.05, 0) is 49.9 Å². The van der Waals surface area contributed by atoms with Crippen LogP contribution in [-0.2, 0) is 12.0 Å². The minimum absolute atomic E-state index is 0. The van der Waals surface area contributed by atoms with Crippen LogP contribution in [0.1, 0.15) is 36.6 Å². The summed E-state index contributed by atoms with van der Waals surface area (Å²) in [5, 5.41) is 6.64. The Balaban J connectivity index is 0.00000243. The normalized spacial score (nSPS) is 15.1. The van der Waals surface area contributed by atoms with Crippen molar-refractivity contribution in [1.29, 1.82) is 0 Å². The zero-order chi connectivity index (χ0) is 17.7. The van der Waals surface area contributed by atoms with E-state index in [0.29, 0.717) is 13.1 Å². The Hall–Kier alpha value is -1.70. The molecule has 0 radical (unpaired) electrons. The number of rotatable bonds is 6. The van der Waals surface area contributed by atoms with Gasteiger partial charge in [-0.2, -0.15) is 0 Å². The van der Waals surface area contributed by atoms with Gasteiger partial charge in [-0.25, -0.2) is 9.38 Å². The summed E-state index contributed by atoms with van der Waals surface area (Å²) in [5.74, 6) is 0.628. The van der Waals surface area contributed by atoms with E-state index in [9.17, 15) is 4.39 Å². The minimum atomic E-state index is -0.118. The number of halogens is 2. The van der Waals surface area contributed by atoms with Gasteiger partial charge in [0.1, 0.15) is 5.82 Å². The van der Waals surface area contributed by atoms with Crippen molar-refractivity contribution in [3.63, 3.8) is 0 Å². The number of hydrogen-bond donors (Lipinski definition) is 2. The lowest BCUT2D eigenvalue weighted by Gasteiger charge is -2.19. The predicted molar refractivity (Wildman–Crippen MR) is 115 cm³/mol. The molecule has 2 N–H and O–H groups in total. The Morgan fingerprint density at radius 3 is 2.62 bits per heavy atom. The quantitative estimate of drug-likeness (QED) is 0.384. The third-order valence-electron chi connectivity index (χ3n) is 4.74. The molecule has 1 heterocycles. The first-order valence-electron chi connectivity index (χ1n) is 8.82. The van der Waals surface area contributed by atoms with Crippen LogP contribution in [0.3, 0.4) is 0 Å². The number of pyridine rings is 1. The third-order valence-corrected chi connectivity index (χ3v) is 4.74. The molecular formula is C20H26FIN4. The molecule has 26 heavy (non-hydrogen) atoms. The van der Waals surface area contributed by atoms with E-state index in [-0.39, 0.29) is 35.2 Å². The average molecular weight is 468 g/mol. The summed E-state index contributed by atoms with van der Waals surface area (Å²) in [6.07, 6.45) is 3.79. The molecule has 1 aromatic heterocycles. The summed E-state index contributed by atoms with van der Waals surface area (Å²) in [4.78, 5) is 9.01. The van der Waals surface area contributed by atoms with Crippen molar-refractivity contribution in [2.45, 2.75) is 38.6 Å². The number of aryl methyl sites for hydroxylation is 1. The Morgan fingerprint density at radius 1 is 1.19 bits per heavy atom. The minimum Gasteiger partial charge on any atom is -0.357 e. The van der Waals surface area contributed by atoms with Gasteiger partial charge in [-0.15, -0.1) is 24.0 Å². The second-order valence-electron chi connectivity index (χ2n) is 6.58. The van der Waals surface area contributed by atoms with Crippen molar-refractivity contribution in [2.24, 2.45) is 4.99 Å². The van der Waals surface area contributed by atoms with E-state index in [1.165, 1.54) is 0 Å². The van der Waals surface area contributed by atoms with Crippen molar-refractivity contribution in [3.05, 3.63) is 65.2 Å². The number of aromatic nitrogens is 1. The molecule has 1 aromatic carbocycles. The molecule has 1 aliphatic carbocycles. The molecule has 0 aliphatic heterocycles. The fourth-order valence-corrected chi connectivity index (χ4v) is 3.02. The fourth-order valence-electron chi connectivity index (χ4n) is 3.02. The number of nitrogens with zero attached hydrogens (tertiary/aromatic N) is 2. The molecule has 0 atom stereocenters. The van der Waals surface area contributed by atoms with Gasteiger partial charge in [0.05, 0.1) is 12.2 Å². The molecule has 1 aliphatic rings. The standard InChI is InChI=1S/C20H25FN4.HI/c1-3-22-19(24-13-18-15(2)7-6-12-23-18)25-14-20(10-11-20)16-8-4-5-9-17(16)21;/h4-9,12H,3,10-11,13-14H2,1-2H3,(H2,22,24,25);1H. The maximum absolute atomic E-state index is 14.1. The van der Waals surface area contributed by atoms with Gasteiger partial charge in [0.2, 0.25) is 0 Å². The van der Waals surface area contributed by atoms with Gasteiger partial charge in [-0.1, -0.05) is 24.3 Å². The topological polar surface area (TPSA) is 49.3 Å². The molecule has 0 amide bonds. The van der Waals surface area contributed by atoms with Crippen molar-refractivity contribution < 1.29 is 4.39 Å². The molecule has 1 fully saturated rings. The fraction of sp³-hybridized carbons (Fsp3) is 0.400. The molecule has 0 bridgehead atoms. The van der Waals surface area contributed by atoms with Gasteiger partial charge < -0.3 is 10.6 Å². The van der Waals surface area contributed by atoms with Crippen molar-refractivity contribution in [1.82, 2.24) is 15.6 Å². The third kappa shape index (κ3) is 4.93. The van der Waals surface area contributed by atoms with Crippen LogP contribution in [0.2, 0.25) is 0 Å². The van der Waals surface area contributed by atoms with Crippen molar-refractivity contribution in [2.75, 3.05) is 13.1 Å². The Bertz CT molecular complexity index is 759. The summed E-state index contributed by atoms with van der Waals surface area (Å²) in [6.45, 7) is 6.05. The summed E-state index contributed by atoms with van der Waals surface area (Å²) in [6, 6.07) is 11.0. The van der Waals surface area contributed by atoms with Crippen molar-refractivity contribution in [3.8, 4) is 0 Å². The molecule has 3 rings (SSSR count). The SMILES string of the molecule is CCNC(=NCc1ncccc1C)NCC1(c2ccccc2F)CC1.I. The molecule has 1 saturated carbocycles. The number of guanidine groups is 1. The second kappa shape index (κ2) is 9.30. The van der Waals surface area contributed by atoms with E-state index in [1.807, 2.05) is 38.1 Å². The second-order valence-corrected chi connectivity index (χ2v) is 6.58. The molecule has 4 nitrogen and oxygen atoms in total. The van der Waals surface area contributed by atoms with Gasteiger partial charge in [0.15, 0.2) is 5.96 Å². The molecule has 0 unspecified atom stereocenters. The van der Waals surface area contributed by atoms with Crippen LogP contribution in [0.25, 0.3) is 0 Å². The van der Waals surface area contributed by atoms with Gasteiger partial charge in [-0.3, -0.25) is 4.98 Å². The van der Waals surface area contributed by atoms with E-state index in [2.05, 4.69) is 20.6 Å². The van der Waals surface area contributed by atoms with Crippen LogP contribution in [-0.4, -0.2) is 24.0 Å². The highest BCUT2D eigenvalue weighted by Gasteiger charge is 2.45. The summed E-state index contributed by atoms with van der Waals surface area (Å²) in [7, 11) is 0. The lowest BCUT2D eigenvalue weighted by molar-refractivity contribution is 0.559. The Morgan fingerprint density at radius 2 is 1.96 bits per heavy atom. The predicted octanol–water partition coefficient (Wildman–Crippen LogP) is 3.93. The smallest absolute Gasteiger partial charge is 0.191 e. The maximum Gasteiger partial charge on any atom is 0.191 e. The average Bonchev–Trinajstić information content (AvgIpc) is 3.40. The first-order valence-corrected chi connectivity index (χ1v) is 8.82. The van der Waals surface area contributed by atoms with Gasteiger partial charge in [0.25, 0.3) is 0 Å².